The topological polar surface area (TPSA) is 58.8 Å². The molecule has 0 radical (unpaired) electrons. The van der Waals surface area contributed by atoms with Gasteiger partial charge in [-0.1, -0.05) is 17.3 Å². The lowest BCUT2D eigenvalue weighted by atomic mass is 10.1. The Morgan fingerprint density at radius 1 is 1.18 bits per heavy atom. The van der Waals surface area contributed by atoms with Crippen LogP contribution in [0.15, 0.2) is 28.8 Å². The molecule has 2 saturated heterocycles. The van der Waals surface area contributed by atoms with E-state index >= 15 is 0 Å². The molecule has 22 heavy (non-hydrogen) atoms. The number of rotatable bonds is 1. The van der Waals surface area contributed by atoms with Gasteiger partial charge in [0.05, 0.1) is 19.3 Å². The third-order valence-electron chi connectivity index (χ3n) is 4.50. The van der Waals surface area contributed by atoms with Gasteiger partial charge in [-0.05, 0) is 25.0 Å². The average Bonchev–Trinajstić information content (AvgIpc) is 3.21. The number of hydrogen-bond acceptors (Lipinski definition) is 4. The summed E-state index contributed by atoms with van der Waals surface area (Å²) in [5, 5.41) is 5.25. The molecule has 0 unspecified atom stereocenters. The normalized spacial score (nSPS) is 22.5. The Kier molecular flexibility index (Phi) is 3.46. The molecule has 0 bridgehead atoms. The van der Waals surface area contributed by atoms with Crippen LogP contribution in [0.5, 0.6) is 0 Å². The minimum Gasteiger partial charge on any atom is -0.378 e. The zero-order valence-corrected chi connectivity index (χ0v) is 12.4. The predicted octanol–water partition coefficient (Wildman–Crippen LogP) is 2.42. The van der Waals surface area contributed by atoms with E-state index in [1.807, 2.05) is 34.1 Å². The Bertz CT molecular complexity index is 678. The van der Waals surface area contributed by atoms with E-state index in [1.165, 1.54) is 0 Å². The van der Waals surface area contributed by atoms with Gasteiger partial charge in [-0.2, -0.15) is 0 Å². The van der Waals surface area contributed by atoms with Crippen LogP contribution in [-0.2, 0) is 4.74 Å². The third-order valence-corrected chi connectivity index (χ3v) is 4.50. The van der Waals surface area contributed by atoms with Gasteiger partial charge in [0.25, 0.3) is 0 Å². The van der Waals surface area contributed by atoms with Crippen LogP contribution in [0.4, 0.5) is 4.79 Å². The van der Waals surface area contributed by atoms with Crippen molar-refractivity contribution in [2.45, 2.75) is 18.9 Å². The summed E-state index contributed by atoms with van der Waals surface area (Å²) in [5.41, 5.74) is 1.66. The van der Waals surface area contributed by atoms with Gasteiger partial charge >= 0.3 is 6.03 Å². The Morgan fingerprint density at radius 3 is 2.86 bits per heavy atom. The SMILES string of the molecule is O=C(N1CCOCC1)N1CCC[C@@H]1c1noc2ccccc12. The van der Waals surface area contributed by atoms with E-state index in [0.717, 1.165) is 36.0 Å². The van der Waals surface area contributed by atoms with E-state index in [-0.39, 0.29) is 12.1 Å². The number of ether oxygens (including phenoxy) is 1. The highest BCUT2D eigenvalue weighted by molar-refractivity contribution is 5.81. The van der Waals surface area contributed by atoms with E-state index < -0.39 is 0 Å². The molecular weight excluding hydrogens is 282 g/mol. The van der Waals surface area contributed by atoms with Crippen LogP contribution in [0.2, 0.25) is 0 Å². The Morgan fingerprint density at radius 2 is 2.00 bits per heavy atom. The molecule has 4 rings (SSSR count). The average molecular weight is 301 g/mol. The molecule has 0 aliphatic carbocycles. The summed E-state index contributed by atoms with van der Waals surface area (Å²) in [5.74, 6) is 0. The van der Waals surface area contributed by atoms with Crippen LogP contribution in [0.1, 0.15) is 24.6 Å². The van der Waals surface area contributed by atoms with E-state index in [4.69, 9.17) is 9.26 Å². The quantitative estimate of drug-likeness (QED) is 0.811. The summed E-state index contributed by atoms with van der Waals surface area (Å²) in [6.45, 7) is 3.36. The van der Waals surface area contributed by atoms with Crippen LogP contribution in [0.25, 0.3) is 11.0 Å². The number of aromatic nitrogens is 1. The highest BCUT2D eigenvalue weighted by Gasteiger charge is 2.35. The number of likely N-dealkylation sites (tertiary alicyclic amines) is 1. The van der Waals surface area contributed by atoms with E-state index in [2.05, 4.69) is 5.16 Å². The first-order chi connectivity index (χ1) is 10.8. The highest BCUT2D eigenvalue weighted by atomic mass is 16.5. The molecule has 0 spiro atoms. The van der Waals surface area contributed by atoms with Gasteiger partial charge in [-0.15, -0.1) is 0 Å². The van der Waals surface area contributed by atoms with Gasteiger partial charge in [0.1, 0.15) is 5.69 Å². The van der Waals surface area contributed by atoms with Crippen molar-refractivity contribution < 1.29 is 14.1 Å². The van der Waals surface area contributed by atoms with Crippen molar-refractivity contribution in [2.75, 3.05) is 32.8 Å². The van der Waals surface area contributed by atoms with Crippen molar-refractivity contribution in [1.82, 2.24) is 15.0 Å². The Balaban J connectivity index is 1.62. The van der Waals surface area contributed by atoms with Gasteiger partial charge < -0.3 is 19.1 Å². The molecule has 3 heterocycles. The number of carbonyl (C=O) groups is 1. The van der Waals surface area contributed by atoms with E-state index in [0.29, 0.717) is 26.3 Å². The van der Waals surface area contributed by atoms with E-state index in [1.54, 1.807) is 0 Å². The second-order valence-electron chi connectivity index (χ2n) is 5.80. The first kappa shape index (κ1) is 13.6. The maximum absolute atomic E-state index is 12.8. The summed E-state index contributed by atoms with van der Waals surface area (Å²) in [4.78, 5) is 16.6. The van der Waals surface area contributed by atoms with Crippen LogP contribution >= 0.6 is 0 Å². The number of carbonyl (C=O) groups excluding carboxylic acids is 1. The minimum atomic E-state index is 0.0130. The van der Waals surface area contributed by atoms with Crippen LogP contribution < -0.4 is 0 Å². The molecule has 1 aromatic carbocycles. The van der Waals surface area contributed by atoms with Crippen molar-refractivity contribution >= 4 is 17.0 Å². The fourth-order valence-corrected chi connectivity index (χ4v) is 3.36. The lowest BCUT2D eigenvalue weighted by Crippen LogP contribution is -2.47. The maximum Gasteiger partial charge on any atom is 0.320 e. The fraction of sp³-hybridized carbons (Fsp3) is 0.500. The molecule has 2 aromatic rings. The van der Waals surface area contributed by atoms with Gasteiger partial charge in [-0.25, -0.2) is 4.79 Å². The van der Waals surface area contributed by atoms with E-state index in [9.17, 15) is 4.79 Å². The number of morpholine rings is 1. The standard InChI is InChI=1S/C16H19N3O3/c20-16(18-8-10-21-11-9-18)19-7-3-5-13(19)15-12-4-1-2-6-14(12)22-17-15/h1-2,4,6,13H,3,5,7-11H2/t13-/m1/s1. The minimum absolute atomic E-state index is 0.0130. The van der Waals surface area contributed by atoms with Gasteiger partial charge in [-0.3, -0.25) is 0 Å². The molecule has 0 N–H and O–H groups in total. The summed E-state index contributed by atoms with van der Waals surface area (Å²) in [7, 11) is 0. The molecule has 116 valence electrons. The smallest absolute Gasteiger partial charge is 0.320 e. The lowest BCUT2D eigenvalue weighted by Gasteiger charge is -2.33. The van der Waals surface area contributed by atoms with Crippen LogP contribution in [0, 0.1) is 0 Å². The second kappa shape index (κ2) is 5.61. The summed E-state index contributed by atoms with van der Waals surface area (Å²) in [6.07, 6.45) is 1.94. The number of urea groups is 1. The molecule has 2 amide bonds. The fourth-order valence-electron chi connectivity index (χ4n) is 3.36. The van der Waals surface area contributed by atoms with Crippen molar-refractivity contribution in [3.63, 3.8) is 0 Å². The van der Waals surface area contributed by atoms with Crippen molar-refractivity contribution in [1.29, 1.82) is 0 Å². The molecule has 1 aromatic heterocycles. The zero-order chi connectivity index (χ0) is 14.9. The zero-order valence-electron chi connectivity index (χ0n) is 12.4. The highest BCUT2D eigenvalue weighted by Crippen LogP contribution is 2.35. The van der Waals surface area contributed by atoms with Crippen LogP contribution in [-0.4, -0.2) is 53.8 Å². The molecule has 2 fully saturated rings. The van der Waals surface area contributed by atoms with Gasteiger partial charge in [0, 0.05) is 25.0 Å². The molecule has 6 heteroatoms. The van der Waals surface area contributed by atoms with Crippen molar-refractivity contribution in [2.24, 2.45) is 0 Å². The summed E-state index contributed by atoms with van der Waals surface area (Å²) < 4.78 is 10.7. The number of benzene rings is 1. The molecule has 6 nitrogen and oxygen atoms in total. The Hall–Kier alpha value is -2.08. The largest absolute Gasteiger partial charge is 0.378 e. The molecular formula is C16H19N3O3. The number of fused-ring (bicyclic) bond motifs is 1. The van der Waals surface area contributed by atoms with Crippen molar-refractivity contribution in [3.05, 3.63) is 30.0 Å². The number of nitrogens with zero attached hydrogens (tertiary/aromatic N) is 3. The number of amides is 2. The number of para-hydroxylation sites is 1. The van der Waals surface area contributed by atoms with Crippen LogP contribution in [0.3, 0.4) is 0 Å². The van der Waals surface area contributed by atoms with Gasteiger partial charge in [0.15, 0.2) is 5.58 Å². The predicted molar refractivity (Wildman–Crippen MR) is 80.5 cm³/mol. The summed E-state index contributed by atoms with van der Waals surface area (Å²) in [6, 6.07) is 7.94. The molecule has 0 saturated carbocycles. The molecule has 1 atom stereocenters. The number of hydrogen-bond donors (Lipinski definition) is 0. The first-order valence-corrected chi connectivity index (χ1v) is 7.82. The van der Waals surface area contributed by atoms with Gasteiger partial charge in [0.2, 0.25) is 0 Å². The third kappa shape index (κ3) is 2.23. The summed E-state index contributed by atoms with van der Waals surface area (Å²) >= 11 is 0. The monoisotopic (exact) mass is 301 g/mol. The maximum atomic E-state index is 12.8. The van der Waals surface area contributed by atoms with Crippen molar-refractivity contribution in [3.8, 4) is 0 Å². The second-order valence-corrected chi connectivity index (χ2v) is 5.80. The molecule has 2 aliphatic rings. The Labute approximate surface area is 128 Å². The first-order valence-electron chi connectivity index (χ1n) is 7.82. The molecule has 2 aliphatic heterocycles. The lowest BCUT2D eigenvalue weighted by molar-refractivity contribution is 0.0420.